The molecule has 0 N–H and O–H groups in total. The van der Waals surface area contributed by atoms with Crippen LogP contribution in [-0.4, -0.2) is 14.9 Å². The van der Waals surface area contributed by atoms with Gasteiger partial charge in [0, 0.05) is 18.3 Å². The molecule has 3 heterocycles. The maximum absolute atomic E-state index is 13.1. The van der Waals surface area contributed by atoms with Crippen LogP contribution in [0.1, 0.15) is 31.0 Å². The lowest BCUT2D eigenvalue weighted by Gasteiger charge is -2.17. The number of fused-ring (bicyclic) bond motifs is 2. The van der Waals surface area contributed by atoms with E-state index in [2.05, 4.69) is 11.1 Å². The molecule has 0 unspecified atom stereocenters. The smallest absolute Gasteiger partial charge is 0.271 e. The second-order valence-electron chi connectivity index (χ2n) is 7.40. The maximum atomic E-state index is 13.1. The highest BCUT2D eigenvalue weighted by Crippen LogP contribution is 2.17. The average molecular weight is 408 g/mol. The second kappa shape index (κ2) is 8.25. The van der Waals surface area contributed by atoms with Gasteiger partial charge in [0.1, 0.15) is 6.07 Å². The molecule has 4 aromatic rings. The second-order valence-corrected chi connectivity index (χ2v) is 7.40. The van der Waals surface area contributed by atoms with E-state index in [1.54, 1.807) is 27.3 Å². The van der Waals surface area contributed by atoms with Crippen molar-refractivity contribution in [2.24, 2.45) is 4.99 Å². The van der Waals surface area contributed by atoms with E-state index in [9.17, 15) is 14.9 Å². The van der Waals surface area contributed by atoms with E-state index in [0.717, 1.165) is 11.1 Å². The summed E-state index contributed by atoms with van der Waals surface area (Å²) < 4.78 is 3.31. The number of nitriles is 1. The number of carbonyl (C=O) groups is 1. The molecule has 0 saturated heterocycles. The van der Waals surface area contributed by atoms with Crippen LogP contribution in [0.15, 0.2) is 82.7 Å². The summed E-state index contributed by atoms with van der Waals surface area (Å²) in [5.41, 5.74) is 2.43. The third-order valence-corrected chi connectivity index (χ3v) is 4.99. The van der Waals surface area contributed by atoms with Crippen molar-refractivity contribution in [3.8, 4) is 6.07 Å². The van der Waals surface area contributed by atoms with Crippen LogP contribution < -0.4 is 11.0 Å². The van der Waals surface area contributed by atoms with E-state index in [1.807, 2.05) is 62.4 Å². The van der Waals surface area contributed by atoms with E-state index >= 15 is 0 Å². The van der Waals surface area contributed by atoms with Gasteiger partial charge >= 0.3 is 0 Å². The Kier molecular flexibility index (Phi) is 5.33. The van der Waals surface area contributed by atoms with Crippen molar-refractivity contribution in [1.29, 1.82) is 5.26 Å². The van der Waals surface area contributed by atoms with Gasteiger partial charge in [0.05, 0.1) is 22.0 Å². The number of hydrogen-bond acceptors (Lipinski definition) is 3. The van der Waals surface area contributed by atoms with Crippen LogP contribution in [0.4, 0.5) is 0 Å². The summed E-state index contributed by atoms with van der Waals surface area (Å²) in [4.78, 5) is 29.9. The molecule has 0 atom stereocenters. The third-order valence-electron chi connectivity index (χ3n) is 4.99. The molecule has 31 heavy (non-hydrogen) atoms. The van der Waals surface area contributed by atoms with Gasteiger partial charge < -0.3 is 4.57 Å². The number of amides is 1. The van der Waals surface area contributed by atoms with Crippen LogP contribution in [0.2, 0.25) is 0 Å². The third kappa shape index (κ3) is 3.81. The first-order valence-electron chi connectivity index (χ1n) is 9.91. The first-order valence-corrected chi connectivity index (χ1v) is 9.91. The minimum atomic E-state index is -0.480. The molecule has 0 saturated carbocycles. The molecule has 3 aromatic heterocycles. The number of nitrogens with zero attached hydrogens (tertiary/aromatic N) is 4. The fraction of sp³-hybridized carbons (Fsp3) is 0.120. The summed E-state index contributed by atoms with van der Waals surface area (Å²) in [6.45, 7) is 3.85. The monoisotopic (exact) mass is 408 g/mol. The van der Waals surface area contributed by atoms with E-state index < -0.39 is 5.91 Å². The highest BCUT2D eigenvalue weighted by atomic mass is 16.1. The molecule has 6 heteroatoms. The molecular formula is C25H20N4O2. The summed E-state index contributed by atoms with van der Waals surface area (Å²) in [6, 6.07) is 20.3. The fourth-order valence-corrected chi connectivity index (χ4v) is 3.60. The lowest BCUT2D eigenvalue weighted by Crippen LogP contribution is -2.29. The molecule has 6 nitrogen and oxygen atoms in total. The van der Waals surface area contributed by atoms with Gasteiger partial charge in [-0.05, 0) is 49.8 Å². The molecule has 152 valence electrons. The predicted molar refractivity (Wildman–Crippen MR) is 120 cm³/mol. The number of rotatable bonds is 3. The number of aromatic nitrogens is 2. The zero-order valence-corrected chi connectivity index (χ0v) is 17.2. The van der Waals surface area contributed by atoms with Crippen molar-refractivity contribution < 1.29 is 4.79 Å². The molecule has 0 aliphatic heterocycles. The number of benzene rings is 1. The molecule has 0 aliphatic rings. The predicted octanol–water partition coefficient (Wildman–Crippen LogP) is 3.85. The molecule has 0 fully saturated rings. The van der Waals surface area contributed by atoms with Crippen LogP contribution in [0.3, 0.4) is 0 Å². The molecule has 0 aliphatic carbocycles. The first kappa shape index (κ1) is 20.0. The largest absolute Gasteiger partial charge is 0.322 e. The van der Waals surface area contributed by atoms with Gasteiger partial charge in [0.2, 0.25) is 0 Å². The minimum absolute atomic E-state index is 0.133. The Morgan fingerprint density at radius 2 is 1.84 bits per heavy atom. The summed E-state index contributed by atoms with van der Waals surface area (Å²) in [7, 11) is 0. The van der Waals surface area contributed by atoms with Gasteiger partial charge in [-0.1, -0.05) is 36.4 Å². The van der Waals surface area contributed by atoms with Crippen LogP contribution in [0.25, 0.3) is 22.5 Å². The SMILES string of the molecule is CC(C)n1c(=NC(=O)C=Cc2ccccc2)c(C#N)cc2c(=O)n3ccccc3cc21. The van der Waals surface area contributed by atoms with Crippen LogP contribution in [0.5, 0.6) is 0 Å². The van der Waals surface area contributed by atoms with Gasteiger partial charge in [0.25, 0.3) is 11.5 Å². The van der Waals surface area contributed by atoms with Crippen molar-refractivity contribution in [2.75, 3.05) is 0 Å². The zero-order valence-electron chi connectivity index (χ0n) is 17.2. The van der Waals surface area contributed by atoms with E-state index in [1.165, 1.54) is 12.1 Å². The maximum Gasteiger partial charge on any atom is 0.271 e. The van der Waals surface area contributed by atoms with Crippen LogP contribution >= 0.6 is 0 Å². The normalized spacial score (nSPS) is 12.1. The lowest BCUT2D eigenvalue weighted by molar-refractivity contribution is -0.113. The quantitative estimate of drug-likeness (QED) is 0.381. The molecule has 1 aromatic carbocycles. The highest BCUT2D eigenvalue weighted by molar-refractivity contribution is 5.92. The molecule has 0 spiro atoms. The Morgan fingerprint density at radius 3 is 2.55 bits per heavy atom. The van der Waals surface area contributed by atoms with Crippen molar-refractivity contribution in [3.05, 3.63) is 99.9 Å². The van der Waals surface area contributed by atoms with Crippen molar-refractivity contribution in [2.45, 2.75) is 19.9 Å². The van der Waals surface area contributed by atoms with Gasteiger partial charge in [-0.25, -0.2) is 0 Å². The first-order chi connectivity index (χ1) is 15.0. The molecule has 0 bridgehead atoms. The minimum Gasteiger partial charge on any atom is -0.322 e. The van der Waals surface area contributed by atoms with Gasteiger partial charge in [0.15, 0.2) is 5.49 Å². The molecule has 4 rings (SSSR count). The summed E-state index contributed by atoms with van der Waals surface area (Å²) in [5, 5.41) is 10.2. The highest BCUT2D eigenvalue weighted by Gasteiger charge is 2.15. The zero-order chi connectivity index (χ0) is 22.0. The lowest BCUT2D eigenvalue weighted by atomic mass is 10.1. The van der Waals surface area contributed by atoms with Crippen molar-refractivity contribution in [1.82, 2.24) is 8.97 Å². The average Bonchev–Trinajstić information content (AvgIpc) is 2.78. The Bertz CT molecular complexity index is 1500. The van der Waals surface area contributed by atoms with Gasteiger partial charge in [-0.3, -0.25) is 14.0 Å². The summed E-state index contributed by atoms with van der Waals surface area (Å²) in [5.74, 6) is -0.480. The van der Waals surface area contributed by atoms with Gasteiger partial charge in [-0.15, -0.1) is 0 Å². The Hall–Kier alpha value is -4.24. The van der Waals surface area contributed by atoms with Crippen molar-refractivity contribution in [3.63, 3.8) is 0 Å². The summed E-state index contributed by atoms with van der Waals surface area (Å²) in [6.07, 6.45) is 4.75. The van der Waals surface area contributed by atoms with E-state index in [0.29, 0.717) is 10.9 Å². The number of carbonyl (C=O) groups excluding carboxylic acids is 1. The number of pyridine rings is 3. The number of hydrogen-bond donors (Lipinski definition) is 0. The Balaban J connectivity index is 1.99. The molecule has 0 radical (unpaired) electrons. The van der Waals surface area contributed by atoms with E-state index in [-0.39, 0.29) is 22.7 Å². The fourth-order valence-electron chi connectivity index (χ4n) is 3.60. The van der Waals surface area contributed by atoms with E-state index in [4.69, 9.17) is 0 Å². The topological polar surface area (TPSA) is 79.6 Å². The Morgan fingerprint density at radius 1 is 1.10 bits per heavy atom. The molecule has 1 amide bonds. The van der Waals surface area contributed by atoms with Crippen LogP contribution in [0, 0.1) is 11.3 Å². The van der Waals surface area contributed by atoms with Crippen LogP contribution in [-0.2, 0) is 4.79 Å². The molecular weight excluding hydrogens is 388 g/mol. The standard InChI is InChI=1S/C25H20N4O2/c1-17(2)29-22-15-20-10-6-7-13-28(20)25(31)21(22)14-19(16-26)24(29)27-23(30)12-11-18-8-4-3-5-9-18/h3-15,17H,1-2H3. The Labute approximate surface area is 178 Å². The van der Waals surface area contributed by atoms with Gasteiger partial charge in [-0.2, -0.15) is 10.3 Å². The summed E-state index contributed by atoms with van der Waals surface area (Å²) >= 11 is 0. The van der Waals surface area contributed by atoms with Crippen molar-refractivity contribution >= 4 is 28.4 Å².